The van der Waals surface area contributed by atoms with Gasteiger partial charge in [-0.25, -0.2) is 0 Å². The third-order valence-corrected chi connectivity index (χ3v) is 0. The quantitative estimate of drug-likeness (QED) is 0.597. The van der Waals surface area contributed by atoms with Crippen LogP contribution in [0.3, 0.4) is 0 Å². The molecule has 0 aliphatic heterocycles. The van der Waals surface area contributed by atoms with E-state index in [-0.39, 0.29) is 0 Å². The van der Waals surface area contributed by atoms with Gasteiger partial charge in [-0.15, -0.1) is 0 Å². The molecular formula is BrCl2Zn2. The van der Waals surface area contributed by atoms with Crippen molar-refractivity contribution in [3.05, 3.63) is 0 Å². The average molecular weight is 282 g/mol. The second kappa shape index (κ2) is 16.2. The second-order valence-corrected chi connectivity index (χ2v) is 4.72. The van der Waals surface area contributed by atoms with Gasteiger partial charge < -0.3 is 0 Å². The Bertz CT molecular complexity index is 7.61. The Morgan fingerprint density at radius 2 is 1.40 bits per heavy atom. The molecule has 0 aromatic heterocycles. The summed E-state index contributed by atoms with van der Waals surface area (Å²) in [4.78, 5) is 0. The molecule has 0 saturated heterocycles. The van der Waals surface area contributed by atoms with Crippen LogP contribution < -0.4 is 0 Å². The van der Waals surface area contributed by atoms with Gasteiger partial charge in [-0.2, -0.15) is 0 Å². The van der Waals surface area contributed by atoms with Crippen LogP contribution in [0.15, 0.2) is 0 Å². The predicted molar refractivity (Wildman–Crippen MR) is 20.6 cm³/mol. The number of rotatable bonds is 0. The molecule has 0 aliphatic carbocycles. The summed E-state index contributed by atoms with van der Waals surface area (Å²) in [5.41, 5.74) is 0. The van der Waals surface area contributed by atoms with Crippen LogP contribution in [0.25, 0.3) is 0 Å². The van der Waals surface area contributed by atoms with Crippen molar-refractivity contribution in [2.45, 2.75) is 0 Å². The Morgan fingerprint density at radius 3 is 1.40 bits per heavy atom. The standard InChI is InChI=1S/BrH.2ClH.2Zn/h3*1H;;/q;;;+1;+2/p-3. The van der Waals surface area contributed by atoms with E-state index in [1.807, 2.05) is 0 Å². The van der Waals surface area contributed by atoms with Crippen LogP contribution in [0.2, 0.25) is 0 Å². The van der Waals surface area contributed by atoms with Gasteiger partial charge in [-0.05, 0) is 0 Å². The monoisotopic (exact) mass is 277 g/mol. The molecule has 0 rings (SSSR count). The SMILES string of the molecule is [Cl][Zn][Cl].[Zn][Br]. The van der Waals surface area contributed by atoms with Crippen molar-refractivity contribution in [2.24, 2.45) is 0 Å². The summed E-state index contributed by atoms with van der Waals surface area (Å²) in [6.45, 7) is 0. The van der Waals surface area contributed by atoms with Crippen molar-refractivity contribution >= 4 is 33.0 Å². The first-order chi connectivity index (χ1) is 2.41. The topological polar surface area (TPSA) is 0 Å². The van der Waals surface area contributed by atoms with Crippen molar-refractivity contribution in [1.82, 2.24) is 0 Å². The maximum atomic E-state index is 4.95. The average Bonchev–Trinajstić information content (AvgIpc) is 1.46. The fourth-order valence-electron chi connectivity index (χ4n) is 0. The number of hydrogen-bond acceptors (Lipinski definition) is 0. The summed E-state index contributed by atoms with van der Waals surface area (Å²) in [6, 6.07) is 0. The van der Waals surface area contributed by atoms with E-state index in [1.54, 1.807) is 0 Å². The van der Waals surface area contributed by atoms with Crippen LogP contribution in [0.1, 0.15) is 0 Å². The fourth-order valence-corrected chi connectivity index (χ4v) is 0. The van der Waals surface area contributed by atoms with Gasteiger partial charge in [0.2, 0.25) is 0 Å². The Morgan fingerprint density at radius 1 is 1.40 bits per heavy atom. The molecule has 0 aliphatic rings. The molecule has 0 N–H and O–H groups in total. The van der Waals surface area contributed by atoms with E-state index in [4.69, 9.17) is 19.4 Å². The zero-order valence-corrected chi connectivity index (χ0v) is 11.6. The molecule has 5 heavy (non-hydrogen) atoms. The van der Waals surface area contributed by atoms with Crippen LogP contribution in [-0.4, -0.2) is 0 Å². The first kappa shape index (κ1) is 10.3. The minimum absolute atomic E-state index is 0.931. The van der Waals surface area contributed by atoms with Crippen LogP contribution in [0.5, 0.6) is 0 Å². The normalized spacial score (nSPS) is 3.40. The molecule has 0 amide bonds. The molecule has 0 spiro atoms. The minimum atomic E-state index is -0.931. The molecule has 0 heterocycles. The van der Waals surface area contributed by atoms with Crippen molar-refractivity contribution in [1.29, 1.82) is 0 Å². The van der Waals surface area contributed by atoms with Gasteiger partial charge in [0.25, 0.3) is 0 Å². The van der Waals surface area contributed by atoms with Gasteiger partial charge in [-0.3, -0.25) is 0 Å². The zero-order chi connectivity index (χ0) is 4.71. The summed E-state index contributed by atoms with van der Waals surface area (Å²) in [6.07, 6.45) is 0. The van der Waals surface area contributed by atoms with Crippen LogP contribution in [0.4, 0.5) is 0 Å². The Hall–Kier alpha value is 2.31. The molecule has 0 atom stereocenters. The Balaban J connectivity index is 0. The molecule has 25 valence electrons. The maximum absolute atomic E-state index is 4.95. The molecular weight excluding hydrogens is 282 g/mol. The molecule has 0 bridgehead atoms. The molecule has 5 heteroatoms. The van der Waals surface area contributed by atoms with Crippen LogP contribution in [0, 0.1) is 0 Å². The van der Waals surface area contributed by atoms with Gasteiger partial charge in [0.05, 0.1) is 0 Å². The van der Waals surface area contributed by atoms with E-state index < -0.39 is 15.1 Å². The fraction of sp³-hybridized carbons (Fsp3) is 0. The van der Waals surface area contributed by atoms with Crippen LogP contribution >= 0.6 is 33.0 Å². The van der Waals surface area contributed by atoms with Crippen molar-refractivity contribution in [3.63, 3.8) is 0 Å². The summed E-state index contributed by atoms with van der Waals surface area (Å²) in [5, 5.41) is 0. The first-order valence-corrected chi connectivity index (χ1v) is 15.5. The van der Waals surface area contributed by atoms with E-state index in [2.05, 4.69) is 13.6 Å². The molecule has 0 nitrogen and oxygen atoms in total. The first-order valence-electron chi connectivity index (χ1n) is 0.802. The van der Waals surface area contributed by atoms with Crippen molar-refractivity contribution < 1.29 is 31.5 Å². The van der Waals surface area contributed by atoms with E-state index in [1.165, 1.54) is 16.3 Å². The van der Waals surface area contributed by atoms with Crippen LogP contribution in [-0.2, 0) is 31.5 Å². The van der Waals surface area contributed by atoms with E-state index in [0.29, 0.717) is 0 Å². The summed E-state index contributed by atoms with van der Waals surface area (Å²) in [5.74, 6) is 0. The third kappa shape index (κ3) is 22.0. The molecule has 0 saturated carbocycles. The molecule has 0 radical (unpaired) electrons. The Labute approximate surface area is 63.7 Å². The van der Waals surface area contributed by atoms with Gasteiger partial charge in [0.15, 0.2) is 0 Å². The molecule has 0 aromatic rings. The van der Waals surface area contributed by atoms with E-state index in [9.17, 15) is 0 Å². The summed E-state index contributed by atoms with van der Waals surface area (Å²) >= 11 is 3.32. The third-order valence-electron chi connectivity index (χ3n) is 0. The number of halogens is 3. The summed E-state index contributed by atoms with van der Waals surface area (Å²) < 4.78 is 0. The molecule has 0 aromatic carbocycles. The van der Waals surface area contributed by atoms with E-state index >= 15 is 0 Å². The predicted octanol–water partition coefficient (Wildman–Crippen LogP) is 2.22. The molecule has 0 unspecified atom stereocenters. The second-order valence-electron chi connectivity index (χ2n) is 0.101. The van der Waals surface area contributed by atoms with Gasteiger partial charge in [0.1, 0.15) is 0 Å². The Kier molecular flexibility index (Phi) is 33.5. The van der Waals surface area contributed by atoms with E-state index in [0.717, 1.165) is 0 Å². The number of hydrogen-bond donors (Lipinski definition) is 0. The molecule has 0 fully saturated rings. The van der Waals surface area contributed by atoms with Gasteiger partial charge in [-0.1, -0.05) is 0 Å². The van der Waals surface area contributed by atoms with Gasteiger partial charge in [0, 0.05) is 0 Å². The zero-order valence-electron chi connectivity index (χ0n) is 2.55. The van der Waals surface area contributed by atoms with Crippen molar-refractivity contribution in [3.8, 4) is 0 Å². The van der Waals surface area contributed by atoms with Gasteiger partial charge >= 0.3 is 64.5 Å². The summed E-state index contributed by atoms with van der Waals surface area (Å²) in [7, 11) is 9.90. The van der Waals surface area contributed by atoms with Crippen molar-refractivity contribution in [2.75, 3.05) is 0 Å².